The van der Waals surface area contributed by atoms with Gasteiger partial charge in [-0.05, 0) is 38.0 Å². The van der Waals surface area contributed by atoms with E-state index in [1.54, 1.807) is 17.1 Å². The van der Waals surface area contributed by atoms with Gasteiger partial charge in [0.2, 0.25) is 5.95 Å². The van der Waals surface area contributed by atoms with Crippen molar-refractivity contribution in [3.63, 3.8) is 0 Å². The van der Waals surface area contributed by atoms with Crippen molar-refractivity contribution in [1.29, 1.82) is 0 Å². The normalized spacial score (nSPS) is 13.1. The van der Waals surface area contributed by atoms with Crippen molar-refractivity contribution in [2.75, 3.05) is 12.3 Å². The molecule has 0 aliphatic carbocycles. The second kappa shape index (κ2) is 22.5. The van der Waals surface area contributed by atoms with Gasteiger partial charge in [-0.2, -0.15) is 4.98 Å². The van der Waals surface area contributed by atoms with Gasteiger partial charge in [-0.15, -0.1) is 0 Å². The second-order valence-corrected chi connectivity index (χ2v) is 12.2. The van der Waals surface area contributed by atoms with Crippen LogP contribution in [0, 0.1) is 5.92 Å². The summed E-state index contributed by atoms with van der Waals surface area (Å²) in [7, 11) is 0. The van der Waals surface area contributed by atoms with E-state index in [0.717, 1.165) is 19.3 Å². The summed E-state index contributed by atoms with van der Waals surface area (Å²) in [4.78, 5) is 37.4. The zero-order valence-electron chi connectivity index (χ0n) is 27.6. The third-order valence-corrected chi connectivity index (χ3v) is 7.90. The van der Waals surface area contributed by atoms with Crippen LogP contribution in [-0.2, 0) is 25.6 Å². The first kappa shape index (κ1) is 37.2. The summed E-state index contributed by atoms with van der Waals surface area (Å²) in [6.45, 7) is 6.41. The number of imidazole rings is 1. The first-order chi connectivity index (χ1) is 21.3. The van der Waals surface area contributed by atoms with E-state index in [0.29, 0.717) is 24.0 Å². The number of aromatic nitrogens is 4. The van der Waals surface area contributed by atoms with E-state index in [-0.39, 0.29) is 31.0 Å². The van der Waals surface area contributed by atoms with Crippen LogP contribution in [0.2, 0.25) is 0 Å². The van der Waals surface area contributed by atoms with Crippen LogP contribution in [0.15, 0.2) is 24.7 Å². The number of allylic oxidation sites excluding steroid dienone is 2. The molecule has 2 atom stereocenters. The fraction of sp³-hybridized carbons (Fsp3) is 0.735. The van der Waals surface area contributed by atoms with E-state index in [1.165, 1.54) is 77.0 Å². The summed E-state index contributed by atoms with van der Waals surface area (Å²) in [5.41, 5.74) is 12.9. The lowest BCUT2D eigenvalue weighted by atomic mass is 10.1. The SMILES string of the molecule is CCCCCCCCC=CCCCCCCCCCC(=O)OCC[C@H](Cn1cnc2cnc(N)nc21)OC(=O)[C@@H](N)C(C)C. The molecule has 0 aliphatic rings. The van der Waals surface area contributed by atoms with Gasteiger partial charge in [0.1, 0.15) is 17.7 Å². The zero-order chi connectivity index (χ0) is 32.0. The molecular formula is C34H58N6O4. The standard InChI is InChI=1S/C34H58N6O4/c1-4-5-6-7-8-9-10-11-12-13-14-15-16-17-18-19-20-21-30(41)43-23-22-28(44-33(42)31(35)27(2)3)25-40-26-38-29-24-37-34(36)39-32(29)40/h11-12,24,26-28,31H,4-10,13-23,25,35H2,1-3H3,(H2,36,37,39)/t28-,31+/m1/s1. The van der Waals surface area contributed by atoms with Gasteiger partial charge in [0.15, 0.2) is 5.65 Å². The predicted molar refractivity (Wildman–Crippen MR) is 177 cm³/mol. The molecule has 10 nitrogen and oxygen atoms in total. The van der Waals surface area contributed by atoms with E-state index < -0.39 is 18.1 Å². The number of unbranched alkanes of at least 4 members (excludes halogenated alkanes) is 13. The first-order valence-corrected chi connectivity index (χ1v) is 17.0. The molecule has 248 valence electrons. The number of nitrogens with zero attached hydrogens (tertiary/aromatic N) is 4. The summed E-state index contributed by atoms with van der Waals surface area (Å²) < 4.78 is 13.0. The average Bonchev–Trinajstić information content (AvgIpc) is 3.39. The van der Waals surface area contributed by atoms with E-state index >= 15 is 0 Å². The van der Waals surface area contributed by atoms with Gasteiger partial charge < -0.3 is 25.5 Å². The molecule has 2 rings (SSSR count). The van der Waals surface area contributed by atoms with E-state index in [2.05, 4.69) is 34.0 Å². The Morgan fingerprint density at radius 3 is 2.16 bits per heavy atom. The smallest absolute Gasteiger partial charge is 0.323 e. The van der Waals surface area contributed by atoms with Crippen LogP contribution in [0.4, 0.5) is 5.95 Å². The van der Waals surface area contributed by atoms with E-state index in [9.17, 15) is 9.59 Å². The van der Waals surface area contributed by atoms with Crippen LogP contribution in [0.5, 0.6) is 0 Å². The summed E-state index contributed by atoms with van der Waals surface area (Å²) in [5, 5.41) is 0. The molecule has 0 radical (unpaired) electrons. The van der Waals surface area contributed by atoms with Crippen molar-refractivity contribution in [2.45, 2.75) is 149 Å². The highest BCUT2D eigenvalue weighted by atomic mass is 16.6. The lowest BCUT2D eigenvalue weighted by Crippen LogP contribution is -2.40. The number of ether oxygens (including phenoxy) is 2. The fourth-order valence-electron chi connectivity index (χ4n) is 4.99. The number of fused-ring (bicyclic) bond motifs is 1. The Balaban J connectivity index is 1.58. The number of esters is 2. The van der Waals surface area contributed by atoms with Gasteiger partial charge in [0.05, 0.1) is 25.7 Å². The second-order valence-electron chi connectivity index (χ2n) is 12.2. The Morgan fingerprint density at radius 1 is 0.909 bits per heavy atom. The van der Waals surface area contributed by atoms with Gasteiger partial charge in [0, 0.05) is 12.8 Å². The zero-order valence-corrected chi connectivity index (χ0v) is 27.6. The summed E-state index contributed by atoms with van der Waals surface area (Å²) >= 11 is 0. The molecule has 2 aromatic heterocycles. The molecule has 0 saturated heterocycles. The highest BCUT2D eigenvalue weighted by Crippen LogP contribution is 2.15. The Labute approximate surface area is 264 Å². The van der Waals surface area contributed by atoms with E-state index in [1.807, 2.05) is 13.8 Å². The minimum absolute atomic E-state index is 0.0655. The van der Waals surface area contributed by atoms with Gasteiger partial charge in [0.25, 0.3) is 0 Å². The third-order valence-electron chi connectivity index (χ3n) is 7.90. The molecule has 2 heterocycles. The summed E-state index contributed by atoms with van der Waals surface area (Å²) in [5.74, 6) is -0.653. The molecule has 2 aromatic rings. The fourth-order valence-corrected chi connectivity index (χ4v) is 4.99. The van der Waals surface area contributed by atoms with Crippen molar-refractivity contribution in [2.24, 2.45) is 11.7 Å². The number of hydrogen-bond donors (Lipinski definition) is 2. The molecule has 0 bridgehead atoms. The number of hydrogen-bond acceptors (Lipinski definition) is 9. The maximum atomic E-state index is 12.6. The van der Waals surface area contributed by atoms with Crippen molar-refractivity contribution < 1.29 is 19.1 Å². The third kappa shape index (κ3) is 15.6. The van der Waals surface area contributed by atoms with Crippen molar-refractivity contribution in [3.8, 4) is 0 Å². The van der Waals surface area contributed by atoms with Crippen LogP contribution in [0.1, 0.15) is 130 Å². The summed E-state index contributed by atoms with van der Waals surface area (Å²) in [6, 6.07) is -0.742. The highest BCUT2D eigenvalue weighted by Gasteiger charge is 2.24. The minimum Gasteiger partial charge on any atom is -0.466 e. The van der Waals surface area contributed by atoms with Crippen molar-refractivity contribution >= 4 is 29.1 Å². The average molecular weight is 615 g/mol. The van der Waals surface area contributed by atoms with Gasteiger partial charge in [-0.3, -0.25) is 9.59 Å². The molecular weight excluding hydrogens is 556 g/mol. The van der Waals surface area contributed by atoms with Crippen LogP contribution in [0.25, 0.3) is 11.2 Å². The number of nitrogens with two attached hydrogens (primary N) is 2. The van der Waals surface area contributed by atoms with Crippen LogP contribution in [0.3, 0.4) is 0 Å². The molecule has 44 heavy (non-hydrogen) atoms. The Hall–Kier alpha value is -3.01. The maximum Gasteiger partial charge on any atom is 0.323 e. The van der Waals surface area contributed by atoms with Gasteiger partial charge in [-0.1, -0.05) is 97.1 Å². The molecule has 0 unspecified atom stereocenters. The minimum atomic E-state index is -0.742. The quantitative estimate of drug-likeness (QED) is 0.0681. The number of anilines is 1. The topological polar surface area (TPSA) is 148 Å². The Kier molecular flexibility index (Phi) is 19.0. The first-order valence-electron chi connectivity index (χ1n) is 17.0. The van der Waals surface area contributed by atoms with Crippen LogP contribution >= 0.6 is 0 Å². The number of rotatable bonds is 25. The monoisotopic (exact) mass is 614 g/mol. The molecule has 0 fully saturated rings. The molecule has 0 amide bonds. The van der Waals surface area contributed by atoms with Crippen LogP contribution < -0.4 is 11.5 Å². The predicted octanol–water partition coefficient (Wildman–Crippen LogP) is 7.05. The maximum absolute atomic E-state index is 12.6. The molecule has 10 heteroatoms. The summed E-state index contributed by atoms with van der Waals surface area (Å²) in [6.07, 6.45) is 26.6. The number of nitrogen functional groups attached to an aromatic ring is 1. The molecule has 4 N–H and O–H groups in total. The number of carbonyl (C=O) groups is 2. The molecule has 0 aromatic carbocycles. The van der Waals surface area contributed by atoms with Gasteiger partial charge in [-0.25, -0.2) is 9.97 Å². The molecule has 0 aliphatic heterocycles. The lowest BCUT2D eigenvalue weighted by molar-refractivity contribution is -0.154. The van der Waals surface area contributed by atoms with Crippen molar-refractivity contribution in [1.82, 2.24) is 19.5 Å². The highest BCUT2D eigenvalue weighted by molar-refractivity contribution is 5.76. The van der Waals surface area contributed by atoms with Gasteiger partial charge >= 0.3 is 11.9 Å². The Morgan fingerprint density at radius 2 is 1.52 bits per heavy atom. The number of carbonyl (C=O) groups excluding carboxylic acids is 2. The molecule has 0 saturated carbocycles. The molecule has 0 spiro atoms. The lowest BCUT2D eigenvalue weighted by Gasteiger charge is -2.22. The Bertz CT molecular complexity index is 1100. The van der Waals surface area contributed by atoms with Crippen molar-refractivity contribution in [3.05, 3.63) is 24.7 Å². The van der Waals surface area contributed by atoms with E-state index in [4.69, 9.17) is 20.9 Å². The largest absolute Gasteiger partial charge is 0.466 e. The van der Waals surface area contributed by atoms with Crippen LogP contribution in [-0.4, -0.2) is 50.2 Å².